The van der Waals surface area contributed by atoms with Crippen molar-refractivity contribution in [2.24, 2.45) is 0 Å². The molecule has 0 fully saturated rings. The summed E-state index contributed by atoms with van der Waals surface area (Å²) in [6.45, 7) is 2.06. The van der Waals surface area contributed by atoms with Crippen LogP contribution >= 0.6 is 11.6 Å². The molecular weight excluding hydrogens is 328 g/mol. The highest BCUT2D eigenvalue weighted by Gasteiger charge is 2.08. The Balaban J connectivity index is 1.94. The van der Waals surface area contributed by atoms with Crippen LogP contribution in [0.5, 0.6) is 5.75 Å². The van der Waals surface area contributed by atoms with Gasteiger partial charge in [0.2, 0.25) is 11.8 Å². The molecule has 0 unspecified atom stereocenters. The predicted molar refractivity (Wildman–Crippen MR) is 94.2 cm³/mol. The van der Waals surface area contributed by atoms with Crippen molar-refractivity contribution in [2.45, 2.75) is 20.0 Å². The Kier molecular flexibility index (Phi) is 6.63. The largest absolute Gasteiger partial charge is 0.487 e. The number of carbonyl (C=O) groups excluding carboxylic acids is 2. The molecule has 0 spiro atoms. The molecule has 2 amide bonds. The summed E-state index contributed by atoms with van der Waals surface area (Å²) in [4.78, 5) is 22.7. The molecule has 5 nitrogen and oxygen atoms in total. The molecule has 6 heteroatoms. The van der Waals surface area contributed by atoms with Gasteiger partial charge in [-0.25, -0.2) is 0 Å². The van der Waals surface area contributed by atoms with Gasteiger partial charge in [0.15, 0.2) is 0 Å². The van der Waals surface area contributed by atoms with Crippen molar-refractivity contribution in [3.05, 3.63) is 59.1 Å². The van der Waals surface area contributed by atoms with Gasteiger partial charge in [0.25, 0.3) is 0 Å². The lowest BCUT2D eigenvalue weighted by atomic mass is 10.2. The maximum Gasteiger partial charge on any atom is 0.226 e. The summed E-state index contributed by atoms with van der Waals surface area (Å²) < 4.78 is 5.78. The number of anilines is 1. The maximum atomic E-state index is 11.9. The third-order valence-electron chi connectivity index (χ3n) is 3.17. The second-order valence-corrected chi connectivity index (χ2v) is 5.63. The molecule has 0 saturated heterocycles. The van der Waals surface area contributed by atoms with Crippen LogP contribution in [-0.4, -0.2) is 18.4 Å². The van der Waals surface area contributed by atoms with Crippen LogP contribution in [0.2, 0.25) is 5.02 Å². The molecule has 0 aliphatic rings. The van der Waals surface area contributed by atoms with E-state index in [1.165, 1.54) is 6.92 Å². The van der Waals surface area contributed by atoms with Gasteiger partial charge in [-0.1, -0.05) is 35.9 Å². The molecule has 0 heterocycles. The molecule has 2 rings (SSSR count). The van der Waals surface area contributed by atoms with Crippen LogP contribution in [0.3, 0.4) is 0 Å². The first-order valence-electron chi connectivity index (χ1n) is 7.55. The fraction of sp³-hybridized carbons (Fsp3) is 0.222. The van der Waals surface area contributed by atoms with Gasteiger partial charge in [0.1, 0.15) is 12.4 Å². The van der Waals surface area contributed by atoms with Gasteiger partial charge in [0, 0.05) is 24.9 Å². The fourth-order valence-corrected chi connectivity index (χ4v) is 2.26. The van der Waals surface area contributed by atoms with Crippen molar-refractivity contribution in [3.63, 3.8) is 0 Å². The standard InChI is InChI=1S/C18H19ClN2O3/c1-13(22)20-10-9-18(23)21-16-7-2-3-8-17(16)24-12-14-5-4-6-15(19)11-14/h2-8,11H,9-10,12H2,1H3,(H,20,22)(H,21,23). The highest BCUT2D eigenvalue weighted by atomic mass is 35.5. The number of carbonyl (C=O) groups is 2. The number of nitrogens with one attached hydrogen (secondary N) is 2. The minimum atomic E-state index is -0.192. The summed E-state index contributed by atoms with van der Waals surface area (Å²) in [6.07, 6.45) is 0.197. The van der Waals surface area contributed by atoms with E-state index in [0.717, 1.165) is 5.56 Å². The number of hydrogen-bond donors (Lipinski definition) is 2. The minimum absolute atomic E-state index is 0.159. The van der Waals surface area contributed by atoms with E-state index in [1.54, 1.807) is 18.2 Å². The number of amides is 2. The molecular formula is C18H19ClN2O3. The normalized spacial score (nSPS) is 10.1. The van der Waals surface area contributed by atoms with Crippen LogP contribution in [0.25, 0.3) is 0 Å². The van der Waals surface area contributed by atoms with Gasteiger partial charge in [-0.3, -0.25) is 9.59 Å². The van der Waals surface area contributed by atoms with Crippen LogP contribution in [0.4, 0.5) is 5.69 Å². The Bertz CT molecular complexity index is 719. The number of rotatable bonds is 7. The summed E-state index contributed by atoms with van der Waals surface area (Å²) >= 11 is 5.95. The van der Waals surface area contributed by atoms with Crippen molar-refractivity contribution in [1.82, 2.24) is 5.32 Å². The van der Waals surface area contributed by atoms with Crippen LogP contribution in [0, 0.1) is 0 Å². The molecule has 24 heavy (non-hydrogen) atoms. The number of benzene rings is 2. The quantitative estimate of drug-likeness (QED) is 0.807. The van der Waals surface area contributed by atoms with E-state index in [0.29, 0.717) is 29.6 Å². The summed E-state index contributed by atoms with van der Waals surface area (Å²) in [5.41, 5.74) is 1.53. The van der Waals surface area contributed by atoms with Crippen LogP contribution in [0.15, 0.2) is 48.5 Å². The summed E-state index contributed by atoms with van der Waals surface area (Å²) in [5, 5.41) is 6.02. The van der Waals surface area contributed by atoms with Crippen LogP contribution < -0.4 is 15.4 Å². The fourth-order valence-electron chi connectivity index (χ4n) is 2.05. The molecule has 0 aromatic heterocycles. The zero-order chi connectivity index (χ0) is 17.4. The van der Waals surface area contributed by atoms with Crippen molar-refractivity contribution in [3.8, 4) is 5.75 Å². The number of para-hydroxylation sites is 2. The molecule has 0 saturated carbocycles. The first-order chi connectivity index (χ1) is 11.5. The summed E-state index contributed by atoms with van der Waals surface area (Å²) in [5.74, 6) is 0.223. The topological polar surface area (TPSA) is 67.4 Å². The number of halogens is 1. The van der Waals surface area contributed by atoms with Crippen molar-refractivity contribution >= 4 is 29.1 Å². The van der Waals surface area contributed by atoms with Crippen LogP contribution in [-0.2, 0) is 16.2 Å². The monoisotopic (exact) mass is 346 g/mol. The Morgan fingerprint density at radius 1 is 1.12 bits per heavy atom. The highest BCUT2D eigenvalue weighted by Crippen LogP contribution is 2.25. The van der Waals surface area contributed by atoms with Gasteiger partial charge in [0.05, 0.1) is 5.69 Å². The van der Waals surface area contributed by atoms with Gasteiger partial charge in [-0.05, 0) is 29.8 Å². The van der Waals surface area contributed by atoms with E-state index >= 15 is 0 Å². The van der Waals surface area contributed by atoms with Crippen molar-refractivity contribution < 1.29 is 14.3 Å². The van der Waals surface area contributed by atoms with Crippen LogP contribution in [0.1, 0.15) is 18.9 Å². The second kappa shape index (κ2) is 8.93. The molecule has 2 aromatic rings. The van der Waals surface area contributed by atoms with E-state index in [1.807, 2.05) is 30.3 Å². The minimum Gasteiger partial charge on any atom is -0.487 e. The van der Waals surface area contributed by atoms with E-state index in [2.05, 4.69) is 10.6 Å². The molecule has 0 radical (unpaired) electrons. The average Bonchev–Trinajstić information content (AvgIpc) is 2.54. The van der Waals surface area contributed by atoms with Gasteiger partial charge >= 0.3 is 0 Å². The third kappa shape index (κ3) is 5.93. The van der Waals surface area contributed by atoms with Gasteiger partial charge < -0.3 is 15.4 Å². The van der Waals surface area contributed by atoms with E-state index in [4.69, 9.17) is 16.3 Å². The van der Waals surface area contributed by atoms with E-state index in [9.17, 15) is 9.59 Å². The Morgan fingerprint density at radius 3 is 2.67 bits per heavy atom. The second-order valence-electron chi connectivity index (χ2n) is 5.20. The SMILES string of the molecule is CC(=O)NCCC(=O)Nc1ccccc1OCc1cccc(Cl)c1. The first-order valence-corrected chi connectivity index (χ1v) is 7.93. The molecule has 0 atom stereocenters. The Labute approximate surface area is 146 Å². The summed E-state index contributed by atoms with van der Waals surface area (Å²) in [7, 11) is 0. The smallest absolute Gasteiger partial charge is 0.226 e. The van der Waals surface area contributed by atoms with Gasteiger partial charge in [-0.15, -0.1) is 0 Å². The van der Waals surface area contributed by atoms with Crippen molar-refractivity contribution in [2.75, 3.05) is 11.9 Å². The molecule has 0 aliphatic carbocycles. The molecule has 2 aromatic carbocycles. The lowest BCUT2D eigenvalue weighted by Gasteiger charge is -2.13. The van der Waals surface area contributed by atoms with Gasteiger partial charge in [-0.2, -0.15) is 0 Å². The molecule has 0 aliphatic heterocycles. The highest BCUT2D eigenvalue weighted by molar-refractivity contribution is 6.30. The average molecular weight is 347 g/mol. The lowest BCUT2D eigenvalue weighted by molar-refractivity contribution is -0.119. The lowest BCUT2D eigenvalue weighted by Crippen LogP contribution is -2.25. The Morgan fingerprint density at radius 2 is 1.92 bits per heavy atom. The van der Waals surface area contributed by atoms with Crippen molar-refractivity contribution in [1.29, 1.82) is 0 Å². The zero-order valence-corrected chi connectivity index (χ0v) is 14.1. The molecule has 2 N–H and O–H groups in total. The number of ether oxygens (including phenoxy) is 1. The molecule has 0 bridgehead atoms. The molecule has 126 valence electrons. The van der Waals surface area contributed by atoms with E-state index in [-0.39, 0.29) is 18.2 Å². The number of hydrogen-bond acceptors (Lipinski definition) is 3. The Hall–Kier alpha value is -2.53. The van der Waals surface area contributed by atoms with E-state index < -0.39 is 0 Å². The third-order valence-corrected chi connectivity index (χ3v) is 3.41. The maximum absolute atomic E-state index is 11.9. The first kappa shape index (κ1) is 17.8. The predicted octanol–water partition coefficient (Wildman–Crippen LogP) is 3.38. The zero-order valence-electron chi connectivity index (χ0n) is 13.3. The summed E-state index contributed by atoms with van der Waals surface area (Å²) in [6, 6.07) is 14.6.